The molecule has 7 heteroatoms. The zero-order valence-electron chi connectivity index (χ0n) is 16.8. The summed E-state index contributed by atoms with van der Waals surface area (Å²) < 4.78 is 0. The van der Waals surface area contributed by atoms with E-state index in [1.54, 1.807) is 0 Å². The molecule has 6 nitrogen and oxygen atoms in total. The third kappa shape index (κ3) is 3.62. The second-order valence-electron chi connectivity index (χ2n) is 8.41. The second-order valence-corrected chi connectivity index (χ2v) is 9.52. The first kappa shape index (κ1) is 19.3. The Kier molecular flexibility index (Phi) is 5.06. The van der Waals surface area contributed by atoms with Crippen LogP contribution in [-0.2, 0) is 29.0 Å². The summed E-state index contributed by atoms with van der Waals surface area (Å²) in [4.78, 5) is 42.6. The van der Waals surface area contributed by atoms with Crippen molar-refractivity contribution in [3.8, 4) is 0 Å². The van der Waals surface area contributed by atoms with Gasteiger partial charge < -0.3 is 15.5 Å². The number of carbonyl (C=O) groups is 3. The smallest absolute Gasteiger partial charge is 0.258 e. The normalized spacial score (nSPS) is 20.8. The van der Waals surface area contributed by atoms with Crippen molar-refractivity contribution in [1.29, 1.82) is 0 Å². The lowest BCUT2D eigenvalue weighted by Gasteiger charge is -2.28. The lowest BCUT2D eigenvalue weighted by Crippen LogP contribution is -2.54. The second kappa shape index (κ2) is 7.87. The van der Waals surface area contributed by atoms with Crippen LogP contribution in [0.1, 0.15) is 52.0 Å². The minimum absolute atomic E-state index is 0.221. The Bertz CT molecular complexity index is 997. The zero-order chi connectivity index (χ0) is 20.7. The highest BCUT2D eigenvalue weighted by Gasteiger charge is 2.43. The van der Waals surface area contributed by atoms with E-state index >= 15 is 0 Å². The van der Waals surface area contributed by atoms with Gasteiger partial charge in [-0.2, -0.15) is 0 Å². The summed E-state index contributed by atoms with van der Waals surface area (Å²) in [7, 11) is 0. The van der Waals surface area contributed by atoms with Crippen LogP contribution in [0.15, 0.2) is 30.3 Å². The van der Waals surface area contributed by atoms with Gasteiger partial charge in [0.05, 0.1) is 5.56 Å². The van der Waals surface area contributed by atoms with E-state index in [1.807, 2.05) is 30.3 Å². The Labute approximate surface area is 179 Å². The molecular weight excluding hydrogens is 398 g/mol. The first-order valence-electron chi connectivity index (χ1n) is 10.7. The van der Waals surface area contributed by atoms with Gasteiger partial charge in [-0.15, -0.1) is 11.3 Å². The predicted octanol–water partition coefficient (Wildman–Crippen LogP) is 3.12. The highest BCUT2D eigenvalue weighted by Crippen LogP contribution is 2.40. The van der Waals surface area contributed by atoms with Crippen LogP contribution >= 0.6 is 11.3 Å². The van der Waals surface area contributed by atoms with Crippen LogP contribution in [0, 0.1) is 5.92 Å². The molecule has 0 bridgehead atoms. The summed E-state index contributed by atoms with van der Waals surface area (Å²) in [6.07, 6.45) is 6.15. The van der Waals surface area contributed by atoms with E-state index in [-0.39, 0.29) is 12.5 Å². The molecule has 1 aromatic heterocycles. The summed E-state index contributed by atoms with van der Waals surface area (Å²) in [5, 5.41) is 6.42. The monoisotopic (exact) mass is 423 g/mol. The number of aryl methyl sites for hydroxylation is 1. The van der Waals surface area contributed by atoms with E-state index in [4.69, 9.17) is 0 Å². The third-order valence-corrected chi connectivity index (χ3v) is 7.36. The molecular formula is C23H25N3O3S. The van der Waals surface area contributed by atoms with Crippen LogP contribution in [-0.4, -0.2) is 35.2 Å². The molecule has 1 aliphatic heterocycles. The SMILES string of the molecule is O=C(NCC1CC1)C1C(=O)Nc2sc3c(c2C(=O)N1Cc1ccccc1)CCCC3. The van der Waals surface area contributed by atoms with Crippen molar-refractivity contribution in [2.75, 3.05) is 11.9 Å². The Morgan fingerprint density at radius 3 is 2.67 bits per heavy atom. The van der Waals surface area contributed by atoms with Crippen molar-refractivity contribution < 1.29 is 14.4 Å². The molecule has 2 aromatic rings. The fourth-order valence-electron chi connectivity index (χ4n) is 4.33. The minimum Gasteiger partial charge on any atom is -0.354 e. The number of thiophene rings is 1. The number of fused-ring (bicyclic) bond motifs is 3. The number of anilines is 1. The van der Waals surface area contributed by atoms with Gasteiger partial charge in [0.2, 0.25) is 0 Å². The molecule has 0 radical (unpaired) electrons. The third-order valence-electron chi connectivity index (χ3n) is 6.15. The quantitative estimate of drug-likeness (QED) is 0.726. The number of hydrogen-bond donors (Lipinski definition) is 2. The number of nitrogens with one attached hydrogen (secondary N) is 2. The van der Waals surface area contributed by atoms with Crippen molar-refractivity contribution in [2.45, 2.75) is 51.1 Å². The molecule has 5 rings (SSSR count). The van der Waals surface area contributed by atoms with Crippen LogP contribution < -0.4 is 10.6 Å². The van der Waals surface area contributed by atoms with Crippen molar-refractivity contribution in [3.05, 3.63) is 51.9 Å². The van der Waals surface area contributed by atoms with Crippen LogP contribution in [0.5, 0.6) is 0 Å². The molecule has 2 N–H and O–H groups in total. The van der Waals surface area contributed by atoms with Crippen LogP contribution in [0.25, 0.3) is 0 Å². The van der Waals surface area contributed by atoms with E-state index in [2.05, 4.69) is 10.6 Å². The van der Waals surface area contributed by atoms with E-state index in [1.165, 1.54) is 21.1 Å². The van der Waals surface area contributed by atoms with Crippen LogP contribution in [0.4, 0.5) is 5.00 Å². The predicted molar refractivity (Wildman–Crippen MR) is 115 cm³/mol. The largest absolute Gasteiger partial charge is 0.354 e. The van der Waals surface area contributed by atoms with E-state index < -0.39 is 17.9 Å². The van der Waals surface area contributed by atoms with Gasteiger partial charge in [-0.05, 0) is 55.6 Å². The lowest BCUT2D eigenvalue weighted by molar-refractivity contribution is -0.133. The minimum atomic E-state index is -1.17. The number of hydrogen-bond acceptors (Lipinski definition) is 4. The first-order valence-corrected chi connectivity index (χ1v) is 11.5. The fourth-order valence-corrected chi connectivity index (χ4v) is 5.61. The van der Waals surface area contributed by atoms with Crippen LogP contribution in [0.2, 0.25) is 0 Å². The van der Waals surface area contributed by atoms with Crippen molar-refractivity contribution in [3.63, 3.8) is 0 Å². The highest BCUT2D eigenvalue weighted by molar-refractivity contribution is 7.17. The maximum Gasteiger partial charge on any atom is 0.258 e. The maximum absolute atomic E-state index is 13.7. The van der Waals surface area contributed by atoms with Gasteiger partial charge in [0.1, 0.15) is 5.00 Å². The number of nitrogens with zero attached hydrogens (tertiary/aromatic N) is 1. The number of amides is 3. The molecule has 30 heavy (non-hydrogen) atoms. The summed E-state index contributed by atoms with van der Waals surface area (Å²) in [6, 6.07) is 8.37. The summed E-state index contributed by atoms with van der Waals surface area (Å²) >= 11 is 1.50. The first-order chi connectivity index (χ1) is 14.6. The number of carbonyl (C=O) groups excluding carboxylic acids is 3. The molecule has 3 aliphatic rings. The Hall–Kier alpha value is -2.67. The Morgan fingerprint density at radius 1 is 1.13 bits per heavy atom. The maximum atomic E-state index is 13.7. The van der Waals surface area contributed by atoms with Gasteiger partial charge in [-0.1, -0.05) is 30.3 Å². The average Bonchev–Trinajstić information content (AvgIpc) is 3.52. The van der Waals surface area contributed by atoms with E-state index in [0.29, 0.717) is 23.0 Å². The molecule has 2 aliphatic carbocycles. The topological polar surface area (TPSA) is 78.5 Å². The molecule has 156 valence electrons. The molecule has 1 fully saturated rings. The molecule has 0 saturated heterocycles. The van der Waals surface area contributed by atoms with Crippen molar-refractivity contribution in [2.24, 2.45) is 5.92 Å². The molecule has 2 heterocycles. The summed E-state index contributed by atoms with van der Waals surface area (Å²) in [5.41, 5.74) is 2.55. The van der Waals surface area contributed by atoms with Gasteiger partial charge >= 0.3 is 0 Å². The molecule has 0 spiro atoms. The standard InChI is InChI=1S/C23H25N3O3S/c27-20(24-12-14-10-11-14)19-21(28)25-22-18(16-8-4-5-9-17(16)30-22)23(29)26(19)13-15-6-2-1-3-7-15/h1-3,6-7,14,19H,4-5,8-13H2,(H,24,27)(H,25,28). The number of rotatable bonds is 5. The fraction of sp³-hybridized carbons (Fsp3) is 0.435. The molecule has 1 aromatic carbocycles. The Balaban J connectivity index is 1.52. The van der Waals surface area contributed by atoms with Crippen molar-refractivity contribution in [1.82, 2.24) is 10.2 Å². The Morgan fingerprint density at radius 2 is 1.90 bits per heavy atom. The lowest BCUT2D eigenvalue weighted by atomic mass is 9.95. The summed E-state index contributed by atoms with van der Waals surface area (Å²) in [5.74, 6) is -0.550. The van der Waals surface area contributed by atoms with E-state index in [9.17, 15) is 14.4 Å². The highest BCUT2D eigenvalue weighted by atomic mass is 32.1. The van der Waals surface area contributed by atoms with Gasteiger partial charge in [-0.3, -0.25) is 14.4 Å². The summed E-state index contributed by atoms with van der Waals surface area (Å²) in [6.45, 7) is 0.784. The molecule has 1 unspecified atom stereocenters. The molecule has 3 amide bonds. The molecule has 1 saturated carbocycles. The van der Waals surface area contributed by atoms with Crippen LogP contribution in [0.3, 0.4) is 0 Å². The van der Waals surface area contributed by atoms with Gasteiger partial charge in [0.25, 0.3) is 17.7 Å². The van der Waals surface area contributed by atoms with Gasteiger partial charge in [0.15, 0.2) is 6.04 Å². The zero-order valence-corrected chi connectivity index (χ0v) is 17.6. The average molecular weight is 424 g/mol. The number of benzene rings is 1. The van der Waals surface area contributed by atoms with E-state index in [0.717, 1.165) is 49.7 Å². The van der Waals surface area contributed by atoms with Crippen molar-refractivity contribution >= 4 is 34.1 Å². The van der Waals surface area contributed by atoms with Gasteiger partial charge in [0, 0.05) is 18.0 Å². The molecule has 1 atom stereocenters. The van der Waals surface area contributed by atoms with Gasteiger partial charge in [-0.25, -0.2) is 0 Å².